The lowest BCUT2D eigenvalue weighted by Gasteiger charge is -2.28. The minimum absolute atomic E-state index is 0.0190. The molecule has 1 heterocycles. The molecule has 0 bridgehead atoms. The monoisotopic (exact) mass is 413 g/mol. The van der Waals surface area contributed by atoms with Crippen LogP contribution in [0.5, 0.6) is 11.5 Å². The zero-order chi connectivity index (χ0) is 22.0. The largest absolute Gasteiger partial charge is 0.503 e. The van der Waals surface area contributed by atoms with Gasteiger partial charge in [0.25, 0.3) is 5.91 Å². The number of hydrogen-bond donors (Lipinski definition) is 1. The summed E-state index contributed by atoms with van der Waals surface area (Å²) in [5, 5.41) is 10.6. The number of halogens is 1. The molecule has 2 aromatic carbocycles. The second kappa shape index (κ2) is 8.57. The summed E-state index contributed by atoms with van der Waals surface area (Å²) < 4.78 is 24.8. The fraction of sp³-hybridized carbons (Fsp3) is 0.304. The summed E-state index contributed by atoms with van der Waals surface area (Å²) in [5.41, 5.74) is 0.684. The van der Waals surface area contributed by atoms with Crippen LogP contribution in [0, 0.1) is 11.7 Å². The van der Waals surface area contributed by atoms with Gasteiger partial charge < -0.3 is 14.6 Å². The van der Waals surface area contributed by atoms with Crippen molar-refractivity contribution < 1.29 is 28.6 Å². The first-order valence-electron chi connectivity index (χ1n) is 9.56. The second-order valence-corrected chi connectivity index (χ2v) is 7.42. The summed E-state index contributed by atoms with van der Waals surface area (Å²) in [6.45, 7) is 3.75. The Morgan fingerprint density at radius 2 is 1.80 bits per heavy atom. The average Bonchev–Trinajstić information content (AvgIpc) is 2.98. The number of nitrogens with zero attached hydrogens (tertiary/aromatic N) is 1. The fourth-order valence-electron chi connectivity index (χ4n) is 3.63. The highest BCUT2D eigenvalue weighted by Gasteiger charge is 2.45. The Kier molecular flexibility index (Phi) is 6.10. The van der Waals surface area contributed by atoms with Crippen molar-refractivity contribution in [2.45, 2.75) is 26.3 Å². The van der Waals surface area contributed by atoms with E-state index in [1.807, 2.05) is 13.8 Å². The van der Waals surface area contributed by atoms with Crippen LogP contribution in [0.4, 0.5) is 10.1 Å². The van der Waals surface area contributed by atoms with Crippen LogP contribution in [0.15, 0.2) is 53.8 Å². The smallest absolute Gasteiger partial charge is 0.294 e. The van der Waals surface area contributed by atoms with Crippen molar-refractivity contribution in [1.82, 2.24) is 0 Å². The minimum atomic E-state index is -0.951. The number of rotatable bonds is 7. The molecule has 1 amide bonds. The molecule has 1 aliphatic heterocycles. The molecule has 1 N–H and O–H groups in total. The van der Waals surface area contributed by atoms with Crippen LogP contribution in [-0.4, -0.2) is 31.0 Å². The first-order chi connectivity index (χ1) is 14.3. The molecular weight excluding hydrogens is 389 g/mol. The van der Waals surface area contributed by atoms with Gasteiger partial charge in [-0.3, -0.25) is 14.5 Å². The number of para-hydroxylation sites is 1. The van der Waals surface area contributed by atoms with Crippen molar-refractivity contribution in [2.24, 2.45) is 5.92 Å². The van der Waals surface area contributed by atoms with Crippen molar-refractivity contribution in [3.63, 3.8) is 0 Å². The van der Waals surface area contributed by atoms with Gasteiger partial charge in [-0.2, -0.15) is 0 Å². The van der Waals surface area contributed by atoms with E-state index >= 15 is 0 Å². The van der Waals surface area contributed by atoms with E-state index in [1.54, 1.807) is 24.3 Å². The van der Waals surface area contributed by atoms with Crippen molar-refractivity contribution >= 4 is 17.4 Å². The summed E-state index contributed by atoms with van der Waals surface area (Å²) in [6, 6.07) is 10.0. The molecule has 0 fully saturated rings. The van der Waals surface area contributed by atoms with E-state index < -0.39 is 23.5 Å². The molecular formula is C23H24FNO5. The lowest BCUT2D eigenvalue weighted by atomic mass is 9.91. The minimum Gasteiger partial charge on any atom is -0.503 e. The molecule has 0 saturated heterocycles. The van der Waals surface area contributed by atoms with Gasteiger partial charge in [0.2, 0.25) is 0 Å². The first-order valence-corrected chi connectivity index (χ1v) is 9.56. The molecule has 6 nitrogen and oxygen atoms in total. The zero-order valence-electron chi connectivity index (χ0n) is 17.3. The zero-order valence-corrected chi connectivity index (χ0v) is 17.3. The number of ether oxygens (including phenoxy) is 2. The van der Waals surface area contributed by atoms with Crippen LogP contribution in [0.1, 0.15) is 31.9 Å². The molecule has 1 atom stereocenters. The first kappa shape index (κ1) is 21.4. The molecule has 7 heteroatoms. The van der Waals surface area contributed by atoms with Gasteiger partial charge in [-0.1, -0.05) is 32.0 Å². The van der Waals surface area contributed by atoms with Gasteiger partial charge in [0, 0.05) is 23.7 Å². The van der Waals surface area contributed by atoms with Crippen LogP contribution in [-0.2, 0) is 9.59 Å². The molecule has 2 aromatic rings. The Bertz CT molecular complexity index is 1010. The maximum Gasteiger partial charge on any atom is 0.294 e. The number of aliphatic hydroxyl groups is 1. The molecule has 0 saturated carbocycles. The normalized spacial score (nSPS) is 16.4. The molecule has 30 heavy (non-hydrogen) atoms. The maximum absolute atomic E-state index is 14.4. The van der Waals surface area contributed by atoms with Crippen molar-refractivity contribution in [2.75, 3.05) is 19.1 Å². The molecule has 0 aromatic heterocycles. The van der Waals surface area contributed by atoms with Crippen molar-refractivity contribution in [1.29, 1.82) is 0 Å². The number of methoxy groups -OCH3 is 2. The highest BCUT2D eigenvalue weighted by molar-refractivity contribution is 6.16. The topological polar surface area (TPSA) is 76.1 Å². The predicted octanol–water partition coefficient (Wildman–Crippen LogP) is 4.36. The van der Waals surface area contributed by atoms with E-state index in [-0.39, 0.29) is 35.1 Å². The van der Waals surface area contributed by atoms with Gasteiger partial charge in [-0.25, -0.2) is 4.39 Å². The molecule has 0 spiro atoms. The number of benzene rings is 2. The summed E-state index contributed by atoms with van der Waals surface area (Å²) in [6.07, 6.45) is 0.156. The number of hydrogen-bond acceptors (Lipinski definition) is 5. The average molecular weight is 413 g/mol. The number of anilines is 1. The number of aliphatic hydroxyl groups excluding tert-OH is 1. The Morgan fingerprint density at radius 3 is 2.40 bits per heavy atom. The third-order valence-corrected chi connectivity index (χ3v) is 4.95. The Morgan fingerprint density at radius 1 is 1.13 bits per heavy atom. The van der Waals surface area contributed by atoms with E-state index in [1.165, 1.54) is 31.3 Å². The number of ketones is 1. The number of carbonyl (C=O) groups excluding carboxylic acids is 2. The van der Waals surface area contributed by atoms with Gasteiger partial charge >= 0.3 is 0 Å². The van der Waals surface area contributed by atoms with Gasteiger partial charge in [0.1, 0.15) is 5.75 Å². The lowest BCUT2D eigenvalue weighted by molar-refractivity contribution is -0.118. The predicted molar refractivity (Wildman–Crippen MR) is 110 cm³/mol. The highest BCUT2D eigenvalue weighted by atomic mass is 19.1. The number of carbonyl (C=O) groups is 2. The summed E-state index contributed by atoms with van der Waals surface area (Å²) in [5.74, 6) is -1.92. The molecule has 1 aliphatic rings. The quantitative estimate of drug-likeness (QED) is 0.730. The molecule has 158 valence electrons. The van der Waals surface area contributed by atoms with Crippen molar-refractivity contribution in [3.8, 4) is 11.5 Å². The van der Waals surface area contributed by atoms with Gasteiger partial charge in [-0.05, 0) is 24.1 Å². The summed E-state index contributed by atoms with van der Waals surface area (Å²) in [7, 11) is 2.82. The fourth-order valence-corrected chi connectivity index (χ4v) is 3.63. The SMILES string of the molecule is COc1ccc(N2C(=O)C(O)=C(C(=O)CC(C)C)C2c2ccccc2OC)cc1F. The van der Waals surface area contributed by atoms with E-state index in [0.29, 0.717) is 11.3 Å². The van der Waals surface area contributed by atoms with Crippen LogP contribution in [0.2, 0.25) is 0 Å². The van der Waals surface area contributed by atoms with E-state index in [4.69, 9.17) is 9.47 Å². The molecule has 3 rings (SSSR count). The number of amides is 1. The van der Waals surface area contributed by atoms with E-state index in [2.05, 4.69) is 0 Å². The summed E-state index contributed by atoms with van der Waals surface area (Å²) in [4.78, 5) is 27.2. The van der Waals surface area contributed by atoms with E-state index in [9.17, 15) is 19.1 Å². The van der Waals surface area contributed by atoms with Crippen LogP contribution in [0.3, 0.4) is 0 Å². The second-order valence-electron chi connectivity index (χ2n) is 7.42. The molecule has 1 unspecified atom stereocenters. The van der Waals surface area contributed by atoms with Gasteiger partial charge in [-0.15, -0.1) is 0 Å². The van der Waals surface area contributed by atoms with Crippen LogP contribution < -0.4 is 14.4 Å². The Labute approximate surface area is 174 Å². The maximum atomic E-state index is 14.4. The molecule has 0 aliphatic carbocycles. The standard InChI is InChI=1S/C23H24FNO5/c1-13(2)11-17(26)20-21(15-7-5-6-8-18(15)29-3)25(23(28)22(20)27)14-9-10-19(30-4)16(24)12-14/h5-10,12-13,21,27H,11H2,1-4H3. The highest BCUT2D eigenvalue weighted by Crippen LogP contribution is 2.44. The summed E-state index contributed by atoms with van der Waals surface area (Å²) >= 11 is 0. The third kappa shape index (κ3) is 3.75. The van der Waals surface area contributed by atoms with Crippen LogP contribution in [0.25, 0.3) is 0 Å². The van der Waals surface area contributed by atoms with Crippen LogP contribution >= 0.6 is 0 Å². The third-order valence-electron chi connectivity index (χ3n) is 4.95. The van der Waals surface area contributed by atoms with Gasteiger partial charge in [0.15, 0.2) is 23.1 Å². The van der Waals surface area contributed by atoms with E-state index in [0.717, 1.165) is 6.07 Å². The number of Topliss-reactive ketones (excluding diaryl/α,β-unsaturated/α-hetero) is 1. The Hall–Kier alpha value is -3.35. The van der Waals surface area contributed by atoms with Crippen molar-refractivity contribution in [3.05, 3.63) is 65.2 Å². The van der Waals surface area contributed by atoms with Gasteiger partial charge in [0.05, 0.1) is 25.8 Å². The molecule has 0 radical (unpaired) electrons. The Balaban J connectivity index is 2.20. The lowest BCUT2D eigenvalue weighted by Crippen LogP contribution is -2.31.